The van der Waals surface area contributed by atoms with Crippen molar-refractivity contribution in [2.45, 2.75) is 113 Å². The van der Waals surface area contributed by atoms with Gasteiger partial charge in [0.25, 0.3) is 0 Å². The van der Waals surface area contributed by atoms with Crippen molar-refractivity contribution in [3.63, 3.8) is 0 Å². The summed E-state index contributed by atoms with van der Waals surface area (Å²) in [6.45, 7) is 21.4. The van der Waals surface area contributed by atoms with Crippen molar-refractivity contribution in [3.8, 4) is 0 Å². The lowest BCUT2D eigenvalue weighted by Crippen LogP contribution is -2.66. The van der Waals surface area contributed by atoms with Crippen LogP contribution in [0.5, 0.6) is 0 Å². The van der Waals surface area contributed by atoms with Crippen molar-refractivity contribution in [2.75, 3.05) is 92.6 Å². The summed E-state index contributed by atoms with van der Waals surface area (Å²) < 4.78 is 0.888. The summed E-state index contributed by atoms with van der Waals surface area (Å²) in [5.74, 6) is 0.385. The van der Waals surface area contributed by atoms with Crippen LogP contribution < -0.4 is 0 Å². The zero-order valence-electron chi connectivity index (χ0n) is 35.0. The molecule has 0 spiro atoms. The Balaban J connectivity index is 1.30. The van der Waals surface area contributed by atoms with Crippen LogP contribution in [0.25, 0.3) is 0 Å². The summed E-state index contributed by atoms with van der Waals surface area (Å²) in [6, 6.07) is 12.6. The zero-order chi connectivity index (χ0) is 40.0. The Morgan fingerprint density at radius 1 is 0.518 bits per heavy atom. The number of piperidine rings is 4. The number of hydrogen-bond donors (Lipinski definition) is 0. The summed E-state index contributed by atoms with van der Waals surface area (Å²) in [6.07, 6.45) is 8.18. The molecule has 0 aromatic heterocycles. The first-order chi connectivity index (χ1) is 27.0. The lowest BCUT2D eigenvalue weighted by atomic mass is 9.91. The van der Waals surface area contributed by atoms with Crippen LogP contribution >= 0.6 is 44.8 Å². The molecule has 56 heavy (non-hydrogen) atoms. The molecule has 0 radical (unpaired) electrons. The van der Waals surface area contributed by atoms with Gasteiger partial charge in [-0.25, -0.2) is 9.59 Å². The van der Waals surface area contributed by atoms with Crippen LogP contribution in [-0.2, 0) is 0 Å². The van der Waals surface area contributed by atoms with E-state index in [1.54, 1.807) is 21.6 Å². The van der Waals surface area contributed by atoms with Crippen molar-refractivity contribution in [3.05, 3.63) is 57.6 Å². The highest BCUT2D eigenvalue weighted by Gasteiger charge is 2.51. The van der Waals surface area contributed by atoms with Gasteiger partial charge in [0.15, 0.2) is 0 Å². The Morgan fingerprint density at radius 3 is 1.00 bits per heavy atom. The van der Waals surface area contributed by atoms with Crippen molar-refractivity contribution >= 4 is 56.6 Å². The summed E-state index contributed by atoms with van der Waals surface area (Å²) >= 11 is 13.4. The van der Waals surface area contributed by atoms with Gasteiger partial charge >= 0.3 is 11.8 Å². The third kappa shape index (κ3) is 9.56. The molecule has 0 N–H and O–H groups in total. The maximum Gasteiger partial charge on any atom is 0.347 e. The molecule has 8 nitrogen and oxygen atoms in total. The molecule has 4 fully saturated rings. The quantitative estimate of drug-likeness (QED) is 0.147. The molecule has 12 heteroatoms. The lowest BCUT2D eigenvalue weighted by molar-refractivity contribution is -0.883. The van der Waals surface area contributed by atoms with E-state index < -0.39 is 0 Å². The SMILES string of the molecule is CCN1CCC([N+](C)(C(=O)c2ccc(Cl)cc2SSc2cc(Cl)ccc2C(=O)[N+](C)(C2CCN(CC)CC2)C2CCN(CC)CC2)C2CCN(CC)CC2)CC1. The minimum atomic E-state index is 0.193. The van der Waals surface area contributed by atoms with Gasteiger partial charge in [-0.3, -0.25) is 8.97 Å². The highest BCUT2D eigenvalue weighted by molar-refractivity contribution is 8.76. The standard InChI is InChI=1S/C44H68Cl2N6O2S2/c1-7-47-23-15-35(16-24-47)51(5,36-17-25-48(8-2)26-18-36)43(53)39-13-11-33(45)31-41(39)55-56-42-32-34(46)12-14-40(42)44(54)52(6,37-19-27-49(9-3)28-20-37)38-21-29-50(10-4)30-22-38/h11-14,31-32,35-38H,7-10,15-30H2,1-6H3/q+2. The monoisotopic (exact) mass is 846 g/mol. The number of carbonyl (C=O) groups is 2. The number of amides is 2. The van der Waals surface area contributed by atoms with Crippen LogP contribution in [0.15, 0.2) is 46.2 Å². The molecule has 0 atom stereocenters. The molecule has 310 valence electrons. The topological polar surface area (TPSA) is 47.1 Å². The molecule has 0 unspecified atom stereocenters. The highest BCUT2D eigenvalue weighted by Crippen LogP contribution is 2.45. The van der Waals surface area contributed by atoms with Gasteiger partial charge in [0.2, 0.25) is 0 Å². The smallest absolute Gasteiger partial charge is 0.303 e. The second kappa shape index (κ2) is 19.9. The molecule has 0 aliphatic carbocycles. The zero-order valence-corrected chi connectivity index (χ0v) is 38.1. The molecular weight excluding hydrogens is 780 g/mol. The Morgan fingerprint density at radius 2 is 0.768 bits per heavy atom. The van der Waals surface area contributed by atoms with Crippen molar-refractivity contribution in [1.29, 1.82) is 0 Å². The fourth-order valence-electron chi connectivity index (χ4n) is 10.4. The van der Waals surface area contributed by atoms with Crippen LogP contribution in [0.2, 0.25) is 10.0 Å². The predicted molar refractivity (Wildman–Crippen MR) is 236 cm³/mol. The molecule has 4 heterocycles. The molecule has 4 aliphatic heterocycles. The average Bonchev–Trinajstić information content (AvgIpc) is 3.24. The molecule has 6 rings (SSSR count). The summed E-state index contributed by atoms with van der Waals surface area (Å²) in [5, 5.41) is 1.21. The van der Waals surface area contributed by atoms with Crippen LogP contribution in [0.1, 0.15) is 99.8 Å². The van der Waals surface area contributed by atoms with Crippen LogP contribution in [0, 0.1) is 0 Å². The molecule has 0 saturated carbocycles. The van der Waals surface area contributed by atoms with E-state index in [0.29, 0.717) is 19.0 Å². The number of nitrogens with zero attached hydrogens (tertiary/aromatic N) is 6. The van der Waals surface area contributed by atoms with Gasteiger partial charge in [0, 0.05) is 124 Å². The second-order valence-corrected chi connectivity index (χ2v) is 20.1. The Hall–Kier alpha value is -1.18. The summed E-state index contributed by atoms with van der Waals surface area (Å²) in [7, 11) is 7.56. The largest absolute Gasteiger partial charge is 0.347 e. The minimum Gasteiger partial charge on any atom is -0.303 e. The Labute approximate surface area is 356 Å². The Kier molecular flexibility index (Phi) is 15.8. The predicted octanol–water partition coefficient (Wildman–Crippen LogP) is 8.90. The van der Waals surface area contributed by atoms with E-state index in [1.165, 1.54) is 0 Å². The van der Waals surface area contributed by atoms with E-state index in [-0.39, 0.29) is 36.0 Å². The fourth-order valence-corrected chi connectivity index (χ4v) is 13.3. The van der Waals surface area contributed by atoms with Gasteiger partial charge < -0.3 is 19.6 Å². The van der Waals surface area contributed by atoms with E-state index >= 15 is 9.59 Å². The van der Waals surface area contributed by atoms with Crippen molar-refractivity contribution in [1.82, 2.24) is 19.6 Å². The number of carbonyl (C=O) groups excluding carboxylic acids is 2. The maximum absolute atomic E-state index is 15.3. The van der Waals surface area contributed by atoms with E-state index in [1.807, 2.05) is 36.4 Å². The first kappa shape index (κ1) is 44.4. The van der Waals surface area contributed by atoms with E-state index in [4.69, 9.17) is 23.2 Å². The molecule has 4 aliphatic rings. The van der Waals surface area contributed by atoms with Gasteiger partial charge in [0.05, 0.1) is 49.4 Å². The normalized spacial score (nSPS) is 21.5. The summed E-state index contributed by atoms with van der Waals surface area (Å²) in [4.78, 5) is 42.4. The molecule has 2 aromatic rings. The Bertz CT molecular complexity index is 1470. The van der Waals surface area contributed by atoms with Gasteiger partial charge in [-0.1, -0.05) is 72.5 Å². The first-order valence-electron chi connectivity index (χ1n) is 21.6. The third-order valence-corrected chi connectivity index (χ3v) is 17.4. The number of hydrogen-bond acceptors (Lipinski definition) is 8. The number of quaternary nitrogens is 2. The van der Waals surface area contributed by atoms with Gasteiger partial charge in [-0.05, 0) is 62.6 Å². The molecule has 4 saturated heterocycles. The third-order valence-electron chi connectivity index (χ3n) is 14.5. The van der Waals surface area contributed by atoms with E-state index in [2.05, 4.69) is 61.4 Å². The highest BCUT2D eigenvalue weighted by atomic mass is 35.5. The molecule has 2 amide bonds. The van der Waals surface area contributed by atoms with Crippen molar-refractivity contribution < 1.29 is 18.6 Å². The first-order valence-corrected chi connectivity index (χ1v) is 24.5. The van der Waals surface area contributed by atoms with Crippen LogP contribution in [0.4, 0.5) is 0 Å². The molecule has 0 bridgehead atoms. The molecular formula is C44H68Cl2N6O2S2+2. The summed E-state index contributed by atoms with van der Waals surface area (Å²) in [5.41, 5.74) is 1.46. The van der Waals surface area contributed by atoms with Crippen molar-refractivity contribution in [2.24, 2.45) is 0 Å². The van der Waals surface area contributed by atoms with Gasteiger partial charge in [-0.15, -0.1) is 0 Å². The number of halogens is 2. The van der Waals surface area contributed by atoms with Crippen LogP contribution in [-0.4, -0.2) is 157 Å². The number of benzene rings is 2. The molecule has 2 aromatic carbocycles. The second-order valence-electron chi connectivity index (χ2n) is 17.0. The number of rotatable bonds is 13. The maximum atomic E-state index is 15.3. The van der Waals surface area contributed by atoms with Gasteiger partial charge in [0.1, 0.15) is 0 Å². The fraction of sp³-hybridized carbons (Fsp3) is 0.682. The van der Waals surface area contributed by atoms with Crippen LogP contribution in [0.3, 0.4) is 0 Å². The lowest BCUT2D eigenvalue weighted by Gasteiger charge is -2.49. The number of likely N-dealkylation sites (tertiary alicyclic amines) is 4. The van der Waals surface area contributed by atoms with E-state index in [0.717, 1.165) is 151 Å². The van der Waals surface area contributed by atoms with Gasteiger partial charge in [-0.2, -0.15) is 0 Å². The van der Waals surface area contributed by atoms with E-state index in [9.17, 15) is 0 Å². The average molecular weight is 848 g/mol. The minimum absolute atomic E-state index is 0.193.